The van der Waals surface area contributed by atoms with Crippen molar-refractivity contribution in [1.29, 1.82) is 0 Å². The molecular formula is C20H23N3O3. The molecule has 0 unspecified atom stereocenters. The van der Waals surface area contributed by atoms with Crippen molar-refractivity contribution in [3.63, 3.8) is 0 Å². The fraction of sp³-hybridized carbons (Fsp3) is 0.450. The average molecular weight is 353 g/mol. The molecule has 4 rings (SSSR count). The number of rotatable bonds is 1. The molecule has 1 aromatic carbocycles. The van der Waals surface area contributed by atoms with Gasteiger partial charge >= 0.3 is 6.09 Å². The van der Waals surface area contributed by atoms with Gasteiger partial charge in [0.05, 0.1) is 24.2 Å². The maximum Gasteiger partial charge on any atom is 0.410 e. The Morgan fingerprint density at radius 1 is 1.27 bits per heavy atom. The molecule has 136 valence electrons. The van der Waals surface area contributed by atoms with Gasteiger partial charge in [0.25, 0.3) is 5.91 Å². The number of aryl methyl sites for hydroxylation is 2. The smallest absolute Gasteiger partial charge is 0.410 e. The van der Waals surface area contributed by atoms with Crippen molar-refractivity contribution in [2.45, 2.75) is 32.3 Å². The molecule has 2 aliphatic rings. The summed E-state index contributed by atoms with van der Waals surface area (Å²) in [6, 6.07) is 7.77. The molecule has 0 saturated carbocycles. The van der Waals surface area contributed by atoms with Crippen LogP contribution >= 0.6 is 0 Å². The number of pyridine rings is 1. The van der Waals surface area contributed by atoms with Crippen LogP contribution in [0.1, 0.15) is 34.5 Å². The van der Waals surface area contributed by atoms with E-state index in [0.717, 1.165) is 35.0 Å². The number of hydrogen-bond acceptors (Lipinski definition) is 4. The maximum atomic E-state index is 13.3. The lowest BCUT2D eigenvalue weighted by atomic mass is 9.92. The Morgan fingerprint density at radius 2 is 2.08 bits per heavy atom. The van der Waals surface area contributed by atoms with Gasteiger partial charge in [-0.25, -0.2) is 4.79 Å². The second-order valence-corrected chi connectivity index (χ2v) is 7.52. The first-order valence-electron chi connectivity index (χ1n) is 8.99. The summed E-state index contributed by atoms with van der Waals surface area (Å²) < 4.78 is 5.63. The number of amides is 2. The highest BCUT2D eigenvalue weighted by Gasteiger charge is 2.47. The minimum absolute atomic E-state index is 0.0178. The molecule has 2 amide bonds. The topological polar surface area (TPSA) is 62.7 Å². The number of piperidine rings is 1. The van der Waals surface area contributed by atoms with Gasteiger partial charge in [0, 0.05) is 24.7 Å². The second-order valence-electron chi connectivity index (χ2n) is 7.52. The summed E-state index contributed by atoms with van der Waals surface area (Å²) in [7, 11) is 1.74. The van der Waals surface area contributed by atoms with E-state index in [1.807, 2.05) is 43.0 Å². The van der Waals surface area contributed by atoms with Crippen LogP contribution in [-0.2, 0) is 4.74 Å². The molecule has 2 aliphatic heterocycles. The highest BCUT2D eigenvalue weighted by atomic mass is 16.6. The number of carbonyl (C=O) groups excluding carboxylic acids is 2. The molecule has 6 heteroatoms. The molecule has 0 bridgehead atoms. The van der Waals surface area contributed by atoms with Gasteiger partial charge in [-0.05, 0) is 38.3 Å². The third kappa shape index (κ3) is 2.69. The van der Waals surface area contributed by atoms with E-state index in [0.29, 0.717) is 25.2 Å². The zero-order valence-corrected chi connectivity index (χ0v) is 15.4. The first kappa shape index (κ1) is 16.8. The van der Waals surface area contributed by atoms with Crippen LogP contribution in [0, 0.1) is 13.8 Å². The lowest BCUT2D eigenvalue weighted by molar-refractivity contribution is -0.00514. The van der Waals surface area contributed by atoms with Gasteiger partial charge in [0.1, 0.15) is 5.60 Å². The zero-order chi connectivity index (χ0) is 18.5. The first-order chi connectivity index (χ1) is 12.4. The van der Waals surface area contributed by atoms with Crippen LogP contribution in [0.25, 0.3) is 10.9 Å². The number of ether oxygens (including phenoxy) is 1. The standard InChI is InChI=1S/C20H23N3O3/c1-13-6-4-7-15-16(10-14(2)21-17(13)15)18(24)23-9-5-8-20(12-23)11-22(3)19(25)26-20/h4,6-7,10H,5,8-9,11-12H2,1-3H3/t20-/m0/s1. The van der Waals surface area contributed by atoms with Crippen LogP contribution in [0.4, 0.5) is 4.79 Å². The number of benzene rings is 1. The van der Waals surface area contributed by atoms with E-state index in [1.54, 1.807) is 11.9 Å². The number of likely N-dealkylation sites (N-methyl/N-ethyl adjacent to an activating group) is 1. The number of aromatic nitrogens is 1. The Morgan fingerprint density at radius 3 is 2.81 bits per heavy atom. The van der Waals surface area contributed by atoms with Crippen molar-refractivity contribution in [2.24, 2.45) is 0 Å². The molecule has 0 N–H and O–H groups in total. The molecule has 0 radical (unpaired) electrons. The van der Waals surface area contributed by atoms with Crippen molar-refractivity contribution in [1.82, 2.24) is 14.8 Å². The molecule has 2 fully saturated rings. The summed E-state index contributed by atoms with van der Waals surface area (Å²) in [6.07, 6.45) is 1.32. The van der Waals surface area contributed by atoms with Gasteiger partial charge in [0.15, 0.2) is 0 Å². The minimum Gasteiger partial charge on any atom is -0.439 e. The van der Waals surface area contributed by atoms with E-state index in [9.17, 15) is 9.59 Å². The normalized spacial score (nSPS) is 23.0. The summed E-state index contributed by atoms with van der Waals surface area (Å²) in [6.45, 7) is 5.57. The van der Waals surface area contributed by atoms with E-state index in [1.165, 1.54) is 0 Å². The van der Waals surface area contributed by atoms with Gasteiger partial charge in [-0.1, -0.05) is 18.2 Å². The summed E-state index contributed by atoms with van der Waals surface area (Å²) >= 11 is 0. The first-order valence-corrected chi connectivity index (χ1v) is 8.99. The fourth-order valence-corrected chi connectivity index (χ4v) is 4.14. The molecule has 1 aromatic heterocycles. The third-order valence-corrected chi connectivity index (χ3v) is 5.37. The van der Waals surface area contributed by atoms with Crippen LogP contribution in [0.3, 0.4) is 0 Å². The van der Waals surface area contributed by atoms with Crippen LogP contribution in [0.15, 0.2) is 24.3 Å². The van der Waals surface area contributed by atoms with Crippen LogP contribution < -0.4 is 0 Å². The van der Waals surface area contributed by atoms with Gasteiger partial charge in [0.2, 0.25) is 0 Å². The predicted molar refractivity (Wildman–Crippen MR) is 98.2 cm³/mol. The van der Waals surface area contributed by atoms with Gasteiger partial charge in [-0.2, -0.15) is 0 Å². The number of carbonyl (C=O) groups is 2. The number of likely N-dealkylation sites (tertiary alicyclic amines) is 1. The van der Waals surface area contributed by atoms with E-state index in [2.05, 4.69) is 4.98 Å². The number of para-hydroxylation sites is 1. The third-order valence-electron chi connectivity index (χ3n) is 5.37. The largest absolute Gasteiger partial charge is 0.439 e. The fourth-order valence-electron chi connectivity index (χ4n) is 4.14. The van der Waals surface area contributed by atoms with Crippen molar-refractivity contribution < 1.29 is 14.3 Å². The van der Waals surface area contributed by atoms with Gasteiger partial charge in [-0.3, -0.25) is 9.78 Å². The Balaban J connectivity index is 1.69. The second kappa shape index (κ2) is 5.97. The Bertz CT molecular complexity index is 911. The molecule has 6 nitrogen and oxygen atoms in total. The summed E-state index contributed by atoms with van der Waals surface area (Å²) in [4.78, 5) is 33.2. The highest BCUT2D eigenvalue weighted by Crippen LogP contribution is 2.33. The van der Waals surface area contributed by atoms with Crippen molar-refractivity contribution in [2.75, 3.05) is 26.7 Å². The number of hydrogen-bond donors (Lipinski definition) is 0. The molecule has 1 atom stereocenters. The Kier molecular flexibility index (Phi) is 3.86. The zero-order valence-electron chi connectivity index (χ0n) is 15.4. The minimum atomic E-state index is -0.576. The van der Waals surface area contributed by atoms with E-state index >= 15 is 0 Å². The van der Waals surface area contributed by atoms with Gasteiger partial charge in [-0.15, -0.1) is 0 Å². The van der Waals surface area contributed by atoms with E-state index in [-0.39, 0.29) is 12.0 Å². The number of fused-ring (bicyclic) bond motifs is 1. The monoisotopic (exact) mass is 353 g/mol. The van der Waals surface area contributed by atoms with Crippen LogP contribution in [0.2, 0.25) is 0 Å². The molecule has 1 spiro atoms. The quantitative estimate of drug-likeness (QED) is 0.791. The summed E-state index contributed by atoms with van der Waals surface area (Å²) in [5, 5.41) is 0.876. The predicted octanol–water partition coefficient (Wildman–Crippen LogP) is 2.91. The molecule has 2 saturated heterocycles. The number of nitrogens with zero attached hydrogens (tertiary/aromatic N) is 3. The maximum absolute atomic E-state index is 13.3. The lowest BCUT2D eigenvalue weighted by Crippen LogP contribution is -2.52. The molecular weight excluding hydrogens is 330 g/mol. The van der Waals surface area contributed by atoms with Gasteiger partial charge < -0.3 is 14.5 Å². The summed E-state index contributed by atoms with van der Waals surface area (Å²) in [5.74, 6) is -0.0178. The van der Waals surface area contributed by atoms with Crippen molar-refractivity contribution in [3.8, 4) is 0 Å². The molecule has 0 aliphatic carbocycles. The SMILES string of the molecule is Cc1cc(C(=O)N2CCC[C@]3(CN(C)C(=O)O3)C2)c2cccc(C)c2n1. The molecule has 26 heavy (non-hydrogen) atoms. The van der Waals surface area contributed by atoms with Crippen LogP contribution in [0.5, 0.6) is 0 Å². The van der Waals surface area contributed by atoms with Crippen LogP contribution in [-0.4, -0.2) is 59.1 Å². The molecule has 3 heterocycles. The van der Waals surface area contributed by atoms with E-state index in [4.69, 9.17) is 4.74 Å². The van der Waals surface area contributed by atoms with Crippen molar-refractivity contribution >= 4 is 22.9 Å². The average Bonchev–Trinajstić information content (AvgIpc) is 2.87. The van der Waals surface area contributed by atoms with E-state index < -0.39 is 5.60 Å². The molecule has 2 aromatic rings. The Hall–Kier alpha value is -2.63. The summed E-state index contributed by atoms with van der Waals surface area (Å²) in [5.41, 5.74) is 2.85. The van der Waals surface area contributed by atoms with Crippen molar-refractivity contribution in [3.05, 3.63) is 41.1 Å². The Labute approximate surface area is 152 Å². The lowest BCUT2D eigenvalue weighted by Gasteiger charge is -2.38. The highest BCUT2D eigenvalue weighted by molar-refractivity contribution is 6.06.